The zero-order valence-corrected chi connectivity index (χ0v) is 15.8. The smallest absolute Gasteiger partial charge is 0.338 e. The molecule has 1 heterocycles. The number of hydrogen-bond donors (Lipinski definition) is 1. The quantitative estimate of drug-likeness (QED) is 0.454. The van der Waals surface area contributed by atoms with E-state index in [0.717, 1.165) is 24.2 Å². The maximum Gasteiger partial charge on any atom is 0.338 e. The summed E-state index contributed by atoms with van der Waals surface area (Å²) in [5.41, 5.74) is -0.499. The van der Waals surface area contributed by atoms with E-state index in [9.17, 15) is 19.2 Å². The SMILES string of the molecule is C[C@@H]1CCCC[C@@]12NC(=O)N(CC(=O)OCCOC(=O)c1ccccc1)C2=O. The molecule has 3 rings (SSSR count). The highest BCUT2D eigenvalue weighted by Crippen LogP contribution is 2.38. The Bertz CT molecular complexity index is 765. The molecule has 1 aromatic rings. The summed E-state index contributed by atoms with van der Waals surface area (Å²) in [4.78, 5) is 49.7. The lowest BCUT2D eigenvalue weighted by Crippen LogP contribution is -2.54. The van der Waals surface area contributed by atoms with Gasteiger partial charge in [0.25, 0.3) is 5.91 Å². The first-order chi connectivity index (χ1) is 13.4. The van der Waals surface area contributed by atoms with Crippen molar-refractivity contribution in [3.8, 4) is 0 Å². The van der Waals surface area contributed by atoms with Crippen molar-refractivity contribution in [3.63, 3.8) is 0 Å². The van der Waals surface area contributed by atoms with Gasteiger partial charge in [0, 0.05) is 0 Å². The summed E-state index contributed by atoms with van der Waals surface area (Å²) in [5.74, 6) is -1.58. The van der Waals surface area contributed by atoms with Crippen LogP contribution < -0.4 is 5.32 Å². The van der Waals surface area contributed by atoms with Gasteiger partial charge in [-0.1, -0.05) is 38.0 Å². The molecule has 8 heteroatoms. The highest BCUT2D eigenvalue weighted by atomic mass is 16.6. The van der Waals surface area contributed by atoms with Crippen LogP contribution in [0.15, 0.2) is 30.3 Å². The zero-order valence-electron chi connectivity index (χ0n) is 15.8. The van der Waals surface area contributed by atoms with Crippen molar-refractivity contribution in [2.75, 3.05) is 19.8 Å². The van der Waals surface area contributed by atoms with E-state index in [0.29, 0.717) is 12.0 Å². The van der Waals surface area contributed by atoms with Gasteiger partial charge in [-0.05, 0) is 30.9 Å². The average Bonchev–Trinajstić information content (AvgIpc) is 2.93. The molecule has 0 aromatic heterocycles. The Morgan fingerprint density at radius 3 is 2.57 bits per heavy atom. The molecular weight excluding hydrogens is 364 g/mol. The minimum Gasteiger partial charge on any atom is -0.461 e. The van der Waals surface area contributed by atoms with Crippen molar-refractivity contribution in [2.24, 2.45) is 5.92 Å². The number of carbonyl (C=O) groups is 4. The first-order valence-corrected chi connectivity index (χ1v) is 9.46. The summed E-state index contributed by atoms with van der Waals surface area (Å²) in [6.45, 7) is 1.23. The molecule has 2 atom stereocenters. The lowest BCUT2D eigenvalue weighted by molar-refractivity contribution is -0.149. The molecule has 2 fully saturated rings. The van der Waals surface area contributed by atoms with Crippen LogP contribution in [0.3, 0.4) is 0 Å². The van der Waals surface area contributed by atoms with Gasteiger partial charge in [0.2, 0.25) is 0 Å². The third-order valence-electron chi connectivity index (χ3n) is 5.38. The van der Waals surface area contributed by atoms with Gasteiger partial charge in [-0.15, -0.1) is 0 Å². The predicted octanol–water partition coefficient (Wildman–Crippen LogP) is 1.89. The third-order valence-corrected chi connectivity index (χ3v) is 5.38. The minimum atomic E-state index is -0.902. The summed E-state index contributed by atoms with van der Waals surface area (Å²) in [6.07, 6.45) is 3.33. The van der Waals surface area contributed by atoms with Crippen LogP contribution in [-0.2, 0) is 19.1 Å². The van der Waals surface area contributed by atoms with Gasteiger partial charge < -0.3 is 14.8 Å². The van der Waals surface area contributed by atoms with Crippen molar-refractivity contribution in [1.29, 1.82) is 0 Å². The Kier molecular flexibility index (Phi) is 5.96. The second kappa shape index (κ2) is 8.41. The number of nitrogens with zero attached hydrogens (tertiary/aromatic N) is 1. The van der Waals surface area contributed by atoms with E-state index >= 15 is 0 Å². The first kappa shape index (κ1) is 19.9. The number of esters is 2. The summed E-state index contributed by atoms with van der Waals surface area (Å²) in [5, 5.41) is 2.78. The lowest BCUT2D eigenvalue weighted by atomic mass is 9.73. The summed E-state index contributed by atoms with van der Waals surface area (Å²) < 4.78 is 10.0. The normalized spacial score (nSPS) is 24.2. The van der Waals surface area contributed by atoms with E-state index < -0.39 is 30.1 Å². The summed E-state index contributed by atoms with van der Waals surface area (Å²) in [7, 11) is 0. The van der Waals surface area contributed by atoms with Crippen LogP contribution in [0.2, 0.25) is 0 Å². The molecule has 1 saturated carbocycles. The number of carbonyl (C=O) groups excluding carboxylic acids is 4. The van der Waals surface area contributed by atoms with E-state index in [2.05, 4.69) is 5.32 Å². The van der Waals surface area contributed by atoms with E-state index in [1.165, 1.54) is 0 Å². The molecule has 2 aliphatic rings. The van der Waals surface area contributed by atoms with Crippen LogP contribution in [0, 0.1) is 5.92 Å². The maximum atomic E-state index is 12.8. The number of amides is 3. The molecule has 28 heavy (non-hydrogen) atoms. The molecule has 1 aliphatic heterocycles. The van der Waals surface area contributed by atoms with Gasteiger partial charge in [-0.25, -0.2) is 9.59 Å². The van der Waals surface area contributed by atoms with Gasteiger partial charge in [0.15, 0.2) is 0 Å². The van der Waals surface area contributed by atoms with Crippen LogP contribution in [0.4, 0.5) is 4.79 Å². The average molecular weight is 388 g/mol. The van der Waals surface area contributed by atoms with Crippen molar-refractivity contribution < 1.29 is 28.7 Å². The van der Waals surface area contributed by atoms with Crippen molar-refractivity contribution in [1.82, 2.24) is 10.2 Å². The predicted molar refractivity (Wildman–Crippen MR) is 98.3 cm³/mol. The minimum absolute atomic E-state index is 0.0242. The highest BCUT2D eigenvalue weighted by Gasteiger charge is 2.55. The Labute approximate surface area is 163 Å². The van der Waals surface area contributed by atoms with Crippen molar-refractivity contribution >= 4 is 23.9 Å². The van der Waals surface area contributed by atoms with Crippen LogP contribution in [0.25, 0.3) is 0 Å². The molecule has 150 valence electrons. The van der Waals surface area contributed by atoms with Crippen LogP contribution in [0.5, 0.6) is 0 Å². The number of rotatable bonds is 6. The molecule has 8 nitrogen and oxygen atoms in total. The first-order valence-electron chi connectivity index (χ1n) is 9.46. The number of urea groups is 1. The maximum absolute atomic E-state index is 12.8. The molecule has 3 amide bonds. The Hall–Kier alpha value is -2.90. The largest absolute Gasteiger partial charge is 0.461 e. The van der Waals surface area contributed by atoms with E-state index in [1.807, 2.05) is 6.92 Å². The molecular formula is C20H24N2O6. The van der Waals surface area contributed by atoms with Gasteiger partial charge in [-0.2, -0.15) is 0 Å². The topological polar surface area (TPSA) is 102 Å². The zero-order chi connectivity index (χ0) is 20.1. The summed E-state index contributed by atoms with van der Waals surface area (Å²) in [6, 6.07) is 7.89. The Balaban J connectivity index is 1.45. The monoisotopic (exact) mass is 388 g/mol. The van der Waals surface area contributed by atoms with E-state index in [4.69, 9.17) is 9.47 Å². The molecule has 1 aliphatic carbocycles. The van der Waals surface area contributed by atoms with E-state index in [1.54, 1.807) is 30.3 Å². The van der Waals surface area contributed by atoms with Crippen LogP contribution in [-0.4, -0.2) is 54.1 Å². The highest BCUT2D eigenvalue weighted by molar-refractivity contribution is 6.09. The molecule has 1 spiro atoms. The molecule has 0 radical (unpaired) electrons. The second-order valence-electron chi connectivity index (χ2n) is 7.16. The number of benzene rings is 1. The lowest BCUT2D eigenvalue weighted by Gasteiger charge is -2.36. The number of hydrogen-bond acceptors (Lipinski definition) is 6. The molecule has 1 aromatic carbocycles. The Morgan fingerprint density at radius 2 is 1.86 bits per heavy atom. The molecule has 1 N–H and O–H groups in total. The fourth-order valence-electron chi connectivity index (χ4n) is 3.76. The number of ether oxygens (including phenoxy) is 2. The standard InChI is InChI=1S/C20H24N2O6/c1-14-7-5-6-10-20(14)18(25)22(19(26)21-20)13-16(23)27-11-12-28-17(24)15-8-3-2-4-9-15/h2-4,8-9,14H,5-7,10-13H2,1H3,(H,21,26)/t14-,20-/m1/s1. The summed E-state index contributed by atoms with van der Waals surface area (Å²) >= 11 is 0. The number of nitrogens with one attached hydrogen (secondary N) is 1. The van der Waals surface area contributed by atoms with Crippen LogP contribution >= 0.6 is 0 Å². The van der Waals surface area contributed by atoms with Crippen molar-refractivity contribution in [3.05, 3.63) is 35.9 Å². The fourth-order valence-corrected chi connectivity index (χ4v) is 3.76. The third kappa shape index (κ3) is 4.00. The van der Waals surface area contributed by atoms with Crippen LogP contribution in [0.1, 0.15) is 43.0 Å². The molecule has 0 bridgehead atoms. The second-order valence-corrected chi connectivity index (χ2v) is 7.16. The van der Waals surface area contributed by atoms with Gasteiger partial charge in [0.05, 0.1) is 5.56 Å². The molecule has 0 unspecified atom stereocenters. The van der Waals surface area contributed by atoms with Crippen molar-refractivity contribution in [2.45, 2.75) is 38.1 Å². The van der Waals surface area contributed by atoms with Gasteiger partial charge >= 0.3 is 18.0 Å². The number of imide groups is 1. The van der Waals surface area contributed by atoms with E-state index in [-0.39, 0.29) is 25.0 Å². The Morgan fingerprint density at radius 1 is 1.14 bits per heavy atom. The van der Waals surface area contributed by atoms with Gasteiger partial charge in [0.1, 0.15) is 25.3 Å². The fraction of sp³-hybridized carbons (Fsp3) is 0.500. The van der Waals surface area contributed by atoms with Gasteiger partial charge in [-0.3, -0.25) is 14.5 Å². The molecule has 1 saturated heterocycles.